The van der Waals surface area contributed by atoms with Gasteiger partial charge < -0.3 is 9.64 Å². The molecule has 0 bridgehead atoms. The molecule has 0 radical (unpaired) electrons. The maximum absolute atomic E-state index is 12.4. The van der Waals surface area contributed by atoms with Gasteiger partial charge in [-0.2, -0.15) is 5.10 Å². The topological polar surface area (TPSA) is 43.2 Å². The van der Waals surface area contributed by atoms with Crippen LogP contribution in [0, 0.1) is 0 Å². The number of ether oxygens (including phenoxy) is 1. The lowest BCUT2D eigenvalue weighted by molar-refractivity contribution is -0.274. The SMILES string of the molecule is C=C1CN(c2ccnc3c2c(C2CCC2)nn3-c2ccc(OC(F)(F)F)cc2)C1. The number of nitrogens with zero attached hydrogens (tertiary/aromatic N) is 4. The van der Waals surface area contributed by atoms with Crippen LogP contribution in [0.4, 0.5) is 18.9 Å². The van der Waals surface area contributed by atoms with Gasteiger partial charge in [-0.1, -0.05) is 13.0 Å². The lowest BCUT2D eigenvalue weighted by atomic mass is 9.82. The minimum Gasteiger partial charge on any atom is -0.406 e. The molecule has 0 spiro atoms. The lowest BCUT2D eigenvalue weighted by Gasteiger charge is -2.36. The van der Waals surface area contributed by atoms with Crippen molar-refractivity contribution in [3.63, 3.8) is 0 Å². The number of pyridine rings is 1. The Labute approximate surface area is 165 Å². The molecule has 3 aromatic rings. The first-order valence-corrected chi connectivity index (χ1v) is 9.54. The molecular formula is C21H19F3N4O. The average molecular weight is 400 g/mol. The first-order chi connectivity index (χ1) is 13.9. The van der Waals surface area contributed by atoms with E-state index < -0.39 is 6.36 Å². The van der Waals surface area contributed by atoms with Gasteiger partial charge >= 0.3 is 6.36 Å². The van der Waals surface area contributed by atoms with Crippen molar-refractivity contribution >= 4 is 16.7 Å². The second-order valence-corrected chi connectivity index (χ2v) is 7.60. The minimum absolute atomic E-state index is 0.260. The van der Waals surface area contributed by atoms with Crippen molar-refractivity contribution < 1.29 is 17.9 Å². The Morgan fingerprint density at radius 1 is 1.07 bits per heavy atom. The standard InChI is InChI=1S/C21H19F3N4O/c1-13-11-27(12-13)17-9-10-25-20-18(17)19(14-3-2-4-14)26-28(20)15-5-7-16(8-6-15)29-21(22,23)24/h5-10,14H,1-4,11-12H2. The quantitative estimate of drug-likeness (QED) is 0.581. The molecule has 8 heteroatoms. The fourth-order valence-corrected chi connectivity index (χ4v) is 3.92. The molecule has 1 aliphatic carbocycles. The van der Waals surface area contributed by atoms with Crippen molar-refractivity contribution in [3.8, 4) is 11.4 Å². The molecule has 0 N–H and O–H groups in total. The van der Waals surface area contributed by atoms with E-state index in [1.807, 2.05) is 6.07 Å². The number of halogens is 3. The highest BCUT2D eigenvalue weighted by molar-refractivity contribution is 5.94. The highest BCUT2D eigenvalue weighted by atomic mass is 19.4. The summed E-state index contributed by atoms with van der Waals surface area (Å²) < 4.78 is 43.0. The molecule has 0 amide bonds. The molecule has 1 aromatic carbocycles. The summed E-state index contributed by atoms with van der Waals surface area (Å²) in [5.74, 6) is 0.128. The van der Waals surface area contributed by atoms with Crippen LogP contribution in [-0.4, -0.2) is 34.2 Å². The van der Waals surface area contributed by atoms with Gasteiger partial charge in [0.2, 0.25) is 0 Å². The Morgan fingerprint density at radius 2 is 1.79 bits per heavy atom. The average Bonchev–Trinajstić information content (AvgIpc) is 2.96. The minimum atomic E-state index is -4.71. The van der Waals surface area contributed by atoms with Crippen molar-refractivity contribution in [1.82, 2.24) is 14.8 Å². The second kappa shape index (κ2) is 6.50. The van der Waals surface area contributed by atoms with E-state index in [1.165, 1.54) is 24.1 Å². The van der Waals surface area contributed by atoms with Crippen LogP contribution in [0.5, 0.6) is 5.75 Å². The molecule has 2 aliphatic rings. The Morgan fingerprint density at radius 3 is 2.38 bits per heavy atom. The summed E-state index contributed by atoms with van der Waals surface area (Å²) in [6.45, 7) is 5.65. The van der Waals surface area contributed by atoms with E-state index in [4.69, 9.17) is 5.10 Å². The molecule has 150 valence electrons. The molecule has 2 fully saturated rings. The summed E-state index contributed by atoms with van der Waals surface area (Å²) in [7, 11) is 0. The van der Waals surface area contributed by atoms with E-state index in [9.17, 15) is 13.2 Å². The van der Waals surface area contributed by atoms with Gasteiger partial charge in [0.25, 0.3) is 0 Å². The van der Waals surface area contributed by atoms with E-state index in [0.29, 0.717) is 17.3 Å². The van der Waals surface area contributed by atoms with E-state index >= 15 is 0 Å². The molecule has 1 aliphatic heterocycles. The summed E-state index contributed by atoms with van der Waals surface area (Å²) >= 11 is 0. The third-order valence-electron chi connectivity index (χ3n) is 5.55. The van der Waals surface area contributed by atoms with Crippen molar-refractivity contribution in [2.75, 3.05) is 18.0 Å². The van der Waals surface area contributed by atoms with Gasteiger partial charge in [-0.3, -0.25) is 0 Å². The van der Waals surface area contributed by atoms with Crippen LogP contribution < -0.4 is 9.64 Å². The second-order valence-electron chi connectivity index (χ2n) is 7.60. The Hall–Kier alpha value is -3.03. The highest BCUT2D eigenvalue weighted by Gasteiger charge is 2.32. The molecule has 0 unspecified atom stereocenters. The predicted octanol–water partition coefficient (Wildman–Crippen LogP) is 4.96. The van der Waals surface area contributed by atoms with Crippen LogP contribution in [0.2, 0.25) is 0 Å². The molecule has 5 nitrogen and oxygen atoms in total. The Balaban J connectivity index is 1.59. The van der Waals surface area contributed by atoms with E-state index in [1.54, 1.807) is 23.0 Å². The van der Waals surface area contributed by atoms with Crippen molar-refractivity contribution in [3.05, 3.63) is 54.4 Å². The van der Waals surface area contributed by atoms with Crippen molar-refractivity contribution in [1.29, 1.82) is 0 Å². The van der Waals surface area contributed by atoms with Gasteiger partial charge in [0.15, 0.2) is 5.65 Å². The normalized spacial score (nSPS) is 17.3. The van der Waals surface area contributed by atoms with Gasteiger partial charge in [0.1, 0.15) is 5.75 Å². The fourth-order valence-electron chi connectivity index (χ4n) is 3.92. The number of hydrogen-bond donors (Lipinski definition) is 0. The maximum Gasteiger partial charge on any atom is 0.573 e. The fraction of sp³-hybridized carbons (Fsp3) is 0.333. The predicted molar refractivity (Wildman–Crippen MR) is 103 cm³/mol. The van der Waals surface area contributed by atoms with Gasteiger partial charge in [-0.25, -0.2) is 9.67 Å². The van der Waals surface area contributed by atoms with E-state index in [-0.39, 0.29) is 5.75 Å². The zero-order valence-electron chi connectivity index (χ0n) is 15.6. The monoisotopic (exact) mass is 400 g/mol. The lowest BCUT2D eigenvalue weighted by Crippen LogP contribution is -2.39. The molecule has 29 heavy (non-hydrogen) atoms. The molecule has 1 saturated heterocycles. The molecule has 3 heterocycles. The summed E-state index contributed by atoms with van der Waals surface area (Å²) in [5, 5.41) is 5.88. The van der Waals surface area contributed by atoms with Gasteiger partial charge in [0.05, 0.1) is 22.5 Å². The van der Waals surface area contributed by atoms with Crippen molar-refractivity contribution in [2.45, 2.75) is 31.5 Å². The summed E-state index contributed by atoms with van der Waals surface area (Å²) in [4.78, 5) is 6.81. The van der Waals surface area contributed by atoms with Gasteiger partial charge in [0, 0.05) is 25.2 Å². The number of fused-ring (bicyclic) bond motifs is 1. The van der Waals surface area contributed by atoms with Gasteiger partial charge in [-0.15, -0.1) is 13.2 Å². The number of hydrogen-bond acceptors (Lipinski definition) is 4. The largest absolute Gasteiger partial charge is 0.573 e. The third kappa shape index (κ3) is 3.22. The number of benzene rings is 1. The molecule has 5 rings (SSSR count). The summed E-state index contributed by atoms with van der Waals surface area (Å²) in [6.07, 6.45) is 0.396. The Kier molecular flexibility index (Phi) is 4.04. The van der Waals surface area contributed by atoms with Crippen LogP contribution in [0.3, 0.4) is 0 Å². The summed E-state index contributed by atoms with van der Waals surface area (Å²) in [6, 6.07) is 7.73. The zero-order valence-corrected chi connectivity index (χ0v) is 15.6. The van der Waals surface area contributed by atoms with E-state index in [0.717, 1.165) is 42.7 Å². The number of anilines is 1. The van der Waals surface area contributed by atoms with Gasteiger partial charge in [-0.05, 0) is 48.7 Å². The molecule has 0 atom stereocenters. The van der Waals surface area contributed by atoms with Crippen LogP contribution in [0.25, 0.3) is 16.7 Å². The first-order valence-electron chi connectivity index (χ1n) is 9.54. The third-order valence-corrected chi connectivity index (χ3v) is 5.55. The number of rotatable bonds is 4. The number of aromatic nitrogens is 3. The highest BCUT2D eigenvalue weighted by Crippen LogP contribution is 2.43. The summed E-state index contributed by atoms with van der Waals surface area (Å²) in [5.41, 5.74) is 4.65. The van der Waals surface area contributed by atoms with Crippen LogP contribution in [0.1, 0.15) is 30.9 Å². The number of alkyl halides is 3. The van der Waals surface area contributed by atoms with Crippen LogP contribution >= 0.6 is 0 Å². The van der Waals surface area contributed by atoms with E-state index in [2.05, 4.69) is 21.2 Å². The van der Waals surface area contributed by atoms with Crippen LogP contribution in [0.15, 0.2) is 48.7 Å². The van der Waals surface area contributed by atoms with Crippen LogP contribution in [-0.2, 0) is 0 Å². The molecular weight excluding hydrogens is 381 g/mol. The van der Waals surface area contributed by atoms with Crippen molar-refractivity contribution in [2.24, 2.45) is 0 Å². The maximum atomic E-state index is 12.4. The Bertz CT molecular complexity index is 1080. The molecule has 2 aromatic heterocycles. The molecule has 1 saturated carbocycles. The first kappa shape index (κ1) is 18.0. The zero-order chi connectivity index (χ0) is 20.2. The smallest absolute Gasteiger partial charge is 0.406 e.